The van der Waals surface area contributed by atoms with Crippen LogP contribution in [-0.2, 0) is 0 Å². The molecule has 11 heavy (non-hydrogen) atoms. The van der Waals surface area contributed by atoms with Crippen LogP contribution in [0, 0.1) is 0 Å². The van der Waals surface area contributed by atoms with E-state index in [1.54, 1.807) is 12.3 Å². The largest absolute Gasteiger partial charge is 0.327 e. The minimum Gasteiger partial charge on any atom is -0.327 e. The minimum atomic E-state index is 0.306. The molecule has 1 fully saturated rings. The zero-order valence-corrected chi connectivity index (χ0v) is 6.75. The molecular formula is C8H9ClN2. The lowest BCUT2D eigenvalue weighted by Gasteiger charge is -1.96. The Morgan fingerprint density at radius 3 is 2.91 bits per heavy atom. The number of halogens is 1. The van der Waals surface area contributed by atoms with E-state index in [-0.39, 0.29) is 0 Å². The van der Waals surface area contributed by atoms with Gasteiger partial charge in [-0.05, 0) is 18.6 Å². The second-order valence-electron chi connectivity index (χ2n) is 2.90. The summed E-state index contributed by atoms with van der Waals surface area (Å²) in [5.74, 6) is 0.452. The van der Waals surface area contributed by atoms with Crippen LogP contribution in [0.2, 0.25) is 5.02 Å². The van der Waals surface area contributed by atoms with Crippen molar-refractivity contribution in [3.8, 4) is 0 Å². The average molecular weight is 169 g/mol. The Morgan fingerprint density at radius 1 is 1.64 bits per heavy atom. The van der Waals surface area contributed by atoms with Crippen LogP contribution in [0.4, 0.5) is 0 Å². The molecule has 3 heteroatoms. The SMILES string of the molecule is NC1CC1c1cc(Cl)ccn1. The number of pyridine rings is 1. The Kier molecular flexibility index (Phi) is 1.59. The zero-order chi connectivity index (χ0) is 7.84. The number of nitrogens with two attached hydrogens (primary N) is 1. The van der Waals surface area contributed by atoms with Gasteiger partial charge < -0.3 is 5.73 Å². The van der Waals surface area contributed by atoms with Gasteiger partial charge in [0.05, 0.1) is 0 Å². The maximum absolute atomic E-state index is 5.78. The number of hydrogen-bond donors (Lipinski definition) is 1. The molecular weight excluding hydrogens is 160 g/mol. The lowest BCUT2D eigenvalue weighted by atomic mass is 10.2. The van der Waals surface area contributed by atoms with Crippen molar-refractivity contribution in [2.45, 2.75) is 18.4 Å². The molecule has 0 aliphatic heterocycles. The first-order valence-corrected chi connectivity index (χ1v) is 4.02. The topological polar surface area (TPSA) is 38.9 Å². The Balaban J connectivity index is 2.25. The molecule has 2 nitrogen and oxygen atoms in total. The van der Waals surface area contributed by atoms with E-state index in [0.29, 0.717) is 12.0 Å². The van der Waals surface area contributed by atoms with Crippen LogP contribution in [0.5, 0.6) is 0 Å². The van der Waals surface area contributed by atoms with E-state index in [9.17, 15) is 0 Å². The molecule has 2 atom stereocenters. The Bertz CT molecular complexity index is 275. The first-order valence-electron chi connectivity index (χ1n) is 3.64. The predicted molar refractivity (Wildman–Crippen MR) is 44.6 cm³/mol. The van der Waals surface area contributed by atoms with Gasteiger partial charge >= 0.3 is 0 Å². The summed E-state index contributed by atoms with van der Waals surface area (Å²) in [4.78, 5) is 4.19. The molecule has 0 radical (unpaired) electrons. The van der Waals surface area contributed by atoms with Crippen molar-refractivity contribution >= 4 is 11.6 Å². The molecule has 0 spiro atoms. The predicted octanol–water partition coefficient (Wildman–Crippen LogP) is 1.55. The zero-order valence-electron chi connectivity index (χ0n) is 6.00. The third-order valence-electron chi connectivity index (χ3n) is 1.96. The molecule has 1 aliphatic rings. The van der Waals surface area contributed by atoms with E-state index in [1.807, 2.05) is 6.07 Å². The standard InChI is InChI=1S/C8H9ClN2/c9-5-1-2-11-8(3-5)6-4-7(6)10/h1-3,6-7H,4,10H2. The summed E-state index contributed by atoms with van der Waals surface area (Å²) < 4.78 is 0. The highest BCUT2D eigenvalue weighted by molar-refractivity contribution is 6.30. The summed E-state index contributed by atoms with van der Waals surface area (Å²) in [5, 5.41) is 0.745. The summed E-state index contributed by atoms with van der Waals surface area (Å²) in [6, 6.07) is 3.97. The summed E-state index contributed by atoms with van der Waals surface area (Å²) in [6.07, 6.45) is 2.77. The highest BCUT2D eigenvalue weighted by atomic mass is 35.5. The lowest BCUT2D eigenvalue weighted by molar-refractivity contribution is 0.945. The van der Waals surface area contributed by atoms with Gasteiger partial charge in [-0.15, -0.1) is 0 Å². The van der Waals surface area contributed by atoms with Crippen molar-refractivity contribution < 1.29 is 0 Å². The molecule has 0 aromatic carbocycles. The highest BCUT2D eigenvalue weighted by Gasteiger charge is 2.35. The van der Waals surface area contributed by atoms with E-state index >= 15 is 0 Å². The van der Waals surface area contributed by atoms with Gasteiger partial charge in [-0.1, -0.05) is 11.6 Å². The normalized spacial score (nSPS) is 28.5. The third-order valence-corrected chi connectivity index (χ3v) is 2.20. The van der Waals surface area contributed by atoms with Crippen molar-refractivity contribution in [3.63, 3.8) is 0 Å². The van der Waals surface area contributed by atoms with Crippen LogP contribution in [0.25, 0.3) is 0 Å². The first-order chi connectivity index (χ1) is 5.27. The third kappa shape index (κ3) is 1.37. The molecule has 1 heterocycles. The van der Waals surface area contributed by atoms with Gasteiger partial charge in [0.15, 0.2) is 0 Å². The van der Waals surface area contributed by atoms with Crippen LogP contribution in [0.15, 0.2) is 18.3 Å². The fraction of sp³-hybridized carbons (Fsp3) is 0.375. The second kappa shape index (κ2) is 2.47. The Morgan fingerprint density at radius 2 is 2.36 bits per heavy atom. The highest BCUT2D eigenvalue weighted by Crippen LogP contribution is 2.38. The summed E-state index contributed by atoms with van der Waals surface area (Å²) in [7, 11) is 0. The first kappa shape index (κ1) is 7.07. The smallest absolute Gasteiger partial charge is 0.0465 e. The minimum absolute atomic E-state index is 0.306. The van der Waals surface area contributed by atoms with E-state index in [0.717, 1.165) is 17.1 Å². The van der Waals surface area contributed by atoms with Crippen molar-refractivity contribution in [2.75, 3.05) is 0 Å². The van der Waals surface area contributed by atoms with Crippen molar-refractivity contribution in [3.05, 3.63) is 29.0 Å². The number of aromatic nitrogens is 1. The Labute approximate surface area is 70.4 Å². The molecule has 1 aromatic rings. The van der Waals surface area contributed by atoms with Gasteiger partial charge in [-0.3, -0.25) is 4.98 Å². The lowest BCUT2D eigenvalue weighted by Crippen LogP contribution is -2.01. The molecule has 0 bridgehead atoms. The molecule has 0 amide bonds. The van der Waals surface area contributed by atoms with Gasteiger partial charge in [0.1, 0.15) is 0 Å². The van der Waals surface area contributed by atoms with Gasteiger partial charge in [-0.25, -0.2) is 0 Å². The molecule has 2 unspecified atom stereocenters. The van der Waals surface area contributed by atoms with Crippen molar-refractivity contribution in [2.24, 2.45) is 5.73 Å². The second-order valence-corrected chi connectivity index (χ2v) is 3.34. The van der Waals surface area contributed by atoms with Crippen molar-refractivity contribution in [1.29, 1.82) is 0 Å². The van der Waals surface area contributed by atoms with E-state index in [1.165, 1.54) is 0 Å². The number of hydrogen-bond acceptors (Lipinski definition) is 2. The van der Waals surface area contributed by atoms with Gasteiger partial charge in [0.25, 0.3) is 0 Å². The molecule has 1 saturated carbocycles. The van der Waals surface area contributed by atoms with Crippen molar-refractivity contribution in [1.82, 2.24) is 4.98 Å². The molecule has 58 valence electrons. The van der Waals surface area contributed by atoms with E-state index in [2.05, 4.69) is 4.98 Å². The maximum atomic E-state index is 5.78. The molecule has 2 N–H and O–H groups in total. The van der Waals surface area contributed by atoms with Gasteiger partial charge in [-0.2, -0.15) is 0 Å². The monoisotopic (exact) mass is 168 g/mol. The molecule has 1 aromatic heterocycles. The molecule has 2 rings (SSSR count). The fourth-order valence-electron chi connectivity index (χ4n) is 1.18. The number of rotatable bonds is 1. The van der Waals surface area contributed by atoms with Gasteiger partial charge in [0, 0.05) is 28.9 Å². The van der Waals surface area contributed by atoms with E-state index < -0.39 is 0 Å². The van der Waals surface area contributed by atoms with Gasteiger partial charge in [0.2, 0.25) is 0 Å². The van der Waals surface area contributed by atoms with E-state index in [4.69, 9.17) is 17.3 Å². The average Bonchev–Trinajstić information content (AvgIpc) is 2.67. The summed E-state index contributed by atoms with van der Waals surface area (Å²) in [5.41, 5.74) is 6.70. The summed E-state index contributed by atoms with van der Waals surface area (Å²) >= 11 is 5.78. The maximum Gasteiger partial charge on any atom is 0.0465 e. The van der Waals surface area contributed by atoms with Crippen LogP contribution in [0.3, 0.4) is 0 Å². The van der Waals surface area contributed by atoms with Crippen LogP contribution in [-0.4, -0.2) is 11.0 Å². The molecule has 0 saturated heterocycles. The fourth-order valence-corrected chi connectivity index (χ4v) is 1.35. The number of nitrogens with zero attached hydrogens (tertiary/aromatic N) is 1. The molecule has 1 aliphatic carbocycles. The summed E-state index contributed by atoms with van der Waals surface area (Å²) in [6.45, 7) is 0. The Hall–Kier alpha value is -0.600. The van der Waals surface area contributed by atoms with Crippen LogP contribution < -0.4 is 5.73 Å². The van der Waals surface area contributed by atoms with Crippen LogP contribution in [0.1, 0.15) is 18.0 Å². The van der Waals surface area contributed by atoms with Crippen LogP contribution >= 0.6 is 11.6 Å². The quantitative estimate of drug-likeness (QED) is 0.691.